The predicted octanol–water partition coefficient (Wildman–Crippen LogP) is 3.47. The lowest BCUT2D eigenvalue weighted by molar-refractivity contribution is -0.139. The van der Waals surface area contributed by atoms with Crippen molar-refractivity contribution in [1.29, 1.82) is 10.5 Å². The molecule has 1 unspecified atom stereocenters. The fourth-order valence-electron chi connectivity index (χ4n) is 3.78. The molecular formula is C24H17F3N4O4. The molecule has 3 rings (SSSR count). The Morgan fingerprint density at radius 2 is 1.63 bits per heavy atom. The number of esters is 2. The van der Waals surface area contributed by atoms with Gasteiger partial charge in [0.15, 0.2) is 0 Å². The molecule has 0 bridgehead atoms. The van der Waals surface area contributed by atoms with Crippen molar-refractivity contribution >= 4 is 17.6 Å². The fourth-order valence-corrected chi connectivity index (χ4v) is 3.78. The number of halogens is 3. The molecular weight excluding hydrogens is 465 g/mol. The van der Waals surface area contributed by atoms with Gasteiger partial charge in [0.1, 0.15) is 11.5 Å². The van der Waals surface area contributed by atoms with E-state index < -0.39 is 46.7 Å². The zero-order valence-electron chi connectivity index (χ0n) is 18.4. The third kappa shape index (κ3) is 4.39. The van der Waals surface area contributed by atoms with Crippen molar-refractivity contribution in [2.75, 3.05) is 19.1 Å². The number of hydrogen-bond acceptors (Lipinski definition) is 8. The van der Waals surface area contributed by atoms with Crippen molar-refractivity contribution < 1.29 is 32.2 Å². The second-order valence-electron chi connectivity index (χ2n) is 7.17. The van der Waals surface area contributed by atoms with Crippen LogP contribution >= 0.6 is 0 Å². The maximum absolute atomic E-state index is 13.6. The number of allylic oxidation sites excluding steroid dienone is 1. The molecule has 0 saturated heterocycles. The van der Waals surface area contributed by atoms with Crippen molar-refractivity contribution in [1.82, 2.24) is 0 Å². The van der Waals surface area contributed by atoms with Gasteiger partial charge in [-0.05, 0) is 23.8 Å². The number of ether oxygens (including phenoxy) is 2. The van der Waals surface area contributed by atoms with E-state index in [1.54, 1.807) is 30.3 Å². The molecule has 0 aliphatic carbocycles. The summed E-state index contributed by atoms with van der Waals surface area (Å²) in [6.07, 6.45) is -4.92. The molecule has 0 amide bonds. The van der Waals surface area contributed by atoms with Crippen LogP contribution < -0.4 is 10.6 Å². The van der Waals surface area contributed by atoms with E-state index in [2.05, 4.69) is 0 Å². The monoisotopic (exact) mass is 482 g/mol. The van der Waals surface area contributed by atoms with Crippen LogP contribution in [0.1, 0.15) is 22.6 Å². The Bertz CT molecular complexity index is 1340. The first-order valence-electron chi connectivity index (χ1n) is 9.87. The fraction of sp³-hybridized carbons (Fsp3) is 0.167. The number of nitrogens with zero attached hydrogens (tertiary/aromatic N) is 3. The number of anilines is 1. The Labute approximate surface area is 197 Å². The third-order valence-corrected chi connectivity index (χ3v) is 5.30. The molecule has 2 N–H and O–H groups in total. The Morgan fingerprint density at radius 3 is 2.14 bits per heavy atom. The highest BCUT2D eigenvalue weighted by atomic mass is 19.4. The van der Waals surface area contributed by atoms with Crippen molar-refractivity contribution in [3.8, 4) is 12.1 Å². The lowest BCUT2D eigenvalue weighted by Crippen LogP contribution is -2.40. The van der Waals surface area contributed by atoms with E-state index in [9.17, 15) is 28.0 Å². The highest BCUT2D eigenvalue weighted by Gasteiger charge is 2.43. The lowest BCUT2D eigenvalue weighted by atomic mass is 9.81. The first kappa shape index (κ1) is 24.9. The van der Waals surface area contributed by atoms with Gasteiger partial charge in [0.25, 0.3) is 0 Å². The molecule has 11 heteroatoms. The SMILES string of the molecule is COC(=O)C1=C(C(=O)OC)N(c2ccc(C#N)c(C(F)(F)F)c2)C(N)=C(C#N)C1c1ccccc1. The number of nitrogens with two attached hydrogens (primary N) is 1. The predicted molar refractivity (Wildman–Crippen MR) is 116 cm³/mol. The summed E-state index contributed by atoms with van der Waals surface area (Å²) in [4.78, 5) is 26.7. The molecule has 0 saturated carbocycles. The van der Waals surface area contributed by atoms with Crippen molar-refractivity contribution in [2.45, 2.75) is 12.1 Å². The molecule has 0 fully saturated rings. The molecule has 0 spiro atoms. The Balaban J connectivity index is 2.44. The second kappa shape index (κ2) is 9.61. The summed E-state index contributed by atoms with van der Waals surface area (Å²) in [5.41, 5.74) is 3.29. The van der Waals surface area contributed by atoms with Gasteiger partial charge in [0.05, 0.1) is 54.5 Å². The minimum atomic E-state index is -4.92. The van der Waals surface area contributed by atoms with E-state index in [-0.39, 0.29) is 16.8 Å². The second-order valence-corrected chi connectivity index (χ2v) is 7.17. The average molecular weight is 482 g/mol. The van der Waals surface area contributed by atoms with E-state index >= 15 is 0 Å². The number of carbonyl (C=O) groups is 2. The Kier molecular flexibility index (Phi) is 6.83. The molecule has 2 aromatic rings. The molecule has 1 atom stereocenters. The topological polar surface area (TPSA) is 129 Å². The molecule has 0 aromatic heterocycles. The maximum atomic E-state index is 13.6. The van der Waals surface area contributed by atoms with Gasteiger partial charge < -0.3 is 15.2 Å². The molecule has 35 heavy (non-hydrogen) atoms. The number of carbonyl (C=O) groups excluding carboxylic acids is 2. The van der Waals surface area contributed by atoms with Gasteiger partial charge in [-0.1, -0.05) is 30.3 Å². The van der Waals surface area contributed by atoms with Gasteiger partial charge in [-0.3, -0.25) is 4.90 Å². The van der Waals surface area contributed by atoms with E-state index in [0.29, 0.717) is 11.6 Å². The minimum absolute atomic E-state index is 0.206. The number of alkyl halides is 3. The van der Waals surface area contributed by atoms with Gasteiger partial charge >= 0.3 is 18.1 Å². The number of methoxy groups -OCH3 is 2. The molecule has 1 heterocycles. The van der Waals surface area contributed by atoms with Gasteiger partial charge in [-0.15, -0.1) is 0 Å². The summed E-state index contributed by atoms with van der Waals surface area (Å²) >= 11 is 0. The van der Waals surface area contributed by atoms with Crippen LogP contribution in [0.4, 0.5) is 18.9 Å². The molecule has 1 aliphatic heterocycles. The summed E-state index contributed by atoms with van der Waals surface area (Å²) in [5, 5.41) is 19.1. The van der Waals surface area contributed by atoms with Crippen LogP contribution in [0.2, 0.25) is 0 Å². The number of rotatable bonds is 4. The summed E-state index contributed by atoms with van der Waals surface area (Å²) in [6, 6.07) is 14.1. The standard InChI is InChI=1S/C24H17F3N4O4/c1-34-22(32)19-18(13-6-4-3-5-7-13)16(12-29)21(30)31(20(19)23(33)35-2)15-9-8-14(11-28)17(10-15)24(25,26)27/h3-10,18H,30H2,1-2H3. The van der Waals surface area contributed by atoms with Crippen molar-refractivity contribution in [3.05, 3.63) is 87.9 Å². The van der Waals surface area contributed by atoms with Crippen LogP contribution in [0, 0.1) is 22.7 Å². The summed E-state index contributed by atoms with van der Waals surface area (Å²) < 4.78 is 50.6. The van der Waals surface area contributed by atoms with Crippen LogP contribution in [-0.2, 0) is 25.2 Å². The van der Waals surface area contributed by atoms with Crippen LogP contribution in [0.15, 0.2) is 71.2 Å². The highest BCUT2D eigenvalue weighted by molar-refractivity contribution is 6.06. The van der Waals surface area contributed by atoms with E-state index in [1.807, 2.05) is 6.07 Å². The number of hydrogen-bond donors (Lipinski definition) is 1. The first-order chi connectivity index (χ1) is 16.6. The van der Waals surface area contributed by atoms with E-state index in [4.69, 9.17) is 20.5 Å². The van der Waals surface area contributed by atoms with Crippen molar-refractivity contribution in [3.63, 3.8) is 0 Å². The largest absolute Gasteiger partial charge is 0.466 e. The average Bonchev–Trinajstić information content (AvgIpc) is 2.86. The third-order valence-electron chi connectivity index (χ3n) is 5.30. The van der Waals surface area contributed by atoms with Gasteiger partial charge in [-0.2, -0.15) is 23.7 Å². The molecule has 8 nitrogen and oxygen atoms in total. The number of benzene rings is 2. The van der Waals surface area contributed by atoms with Crippen molar-refractivity contribution in [2.24, 2.45) is 5.73 Å². The smallest absolute Gasteiger partial charge is 0.417 e. The lowest BCUT2D eigenvalue weighted by Gasteiger charge is -2.36. The molecule has 1 aliphatic rings. The van der Waals surface area contributed by atoms with Crippen LogP contribution in [0.25, 0.3) is 0 Å². The summed E-state index contributed by atoms with van der Waals surface area (Å²) in [7, 11) is 2.06. The Hall–Kier alpha value is -4.77. The summed E-state index contributed by atoms with van der Waals surface area (Å²) in [6.45, 7) is 0. The Morgan fingerprint density at radius 1 is 1.00 bits per heavy atom. The first-order valence-corrected chi connectivity index (χ1v) is 9.87. The quantitative estimate of drug-likeness (QED) is 0.656. The molecule has 2 aromatic carbocycles. The molecule has 0 radical (unpaired) electrons. The minimum Gasteiger partial charge on any atom is -0.466 e. The van der Waals surface area contributed by atoms with Gasteiger partial charge in [0.2, 0.25) is 0 Å². The van der Waals surface area contributed by atoms with Crippen LogP contribution in [0.3, 0.4) is 0 Å². The highest BCUT2D eigenvalue weighted by Crippen LogP contribution is 2.44. The van der Waals surface area contributed by atoms with E-state index in [1.165, 1.54) is 6.07 Å². The van der Waals surface area contributed by atoms with Crippen LogP contribution in [0.5, 0.6) is 0 Å². The van der Waals surface area contributed by atoms with Crippen LogP contribution in [-0.4, -0.2) is 26.2 Å². The van der Waals surface area contributed by atoms with Gasteiger partial charge in [-0.25, -0.2) is 9.59 Å². The zero-order valence-corrected chi connectivity index (χ0v) is 18.4. The maximum Gasteiger partial charge on any atom is 0.417 e. The summed E-state index contributed by atoms with van der Waals surface area (Å²) in [5.74, 6) is -3.69. The molecule has 178 valence electrons. The normalized spacial score (nSPS) is 15.9. The van der Waals surface area contributed by atoms with E-state index in [0.717, 1.165) is 31.3 Å². The number of nitriles is 2. The van der Waals surface area contributed by atoms with Gasteiger partial charge in [0, 0.05) is 5.69 Å². The zero-order chi connectivity index (χ0) is 25.9.